The molecule has 2 aliphatic rings. The Morgan fingerprint density at radius 2 is 1.74 bits per heavy atom. The summed E-state index contributed by atoms with van der Waals surface area (Å²) in [5.74, 6) is 0.766. The van der Waals surface area contributed by atoms with Crippen molar-refractivity contribution in [2.24, 2.45) is 0 Å². The predicted molar refractivity (Wildman–Crippen MR) is 132 cm³/mol. The second-order valence-electron chi connectivity index (χ2n) is 8.30. The first kappa shape index (κ1) is 22.7. The largest absolute Gasteiger partial charge is 0.493 e. The van der Waals surface area contributed by atoms with Crippen molar-refractivity contribution in [1.29, 1.82) is 0 Å². The molecular weight excluding hydrogens is 446 g/mol. The van der Waals surface area contributed by atoms with Crippen LogP contribution in [-0.2, 0) is 9.53 Å². The fraction of sp³-hybridized carbons (Fsp3) is 0.259. The number of nitrogens with zero attached hydrogens (tertiary/aromatic N) is 2. The number of morpholine rings is 1. The van der Waals surface area contributed by atoms with Crippen molar-refractivity contribution in [1.82, 2.24) is 4.90 Å². The molecule has 1 N–H and O–H groups in total. The Bertz CT molecular complexity index is 1210. The predicted octanol–water partition coefficient (Wildman–Crippen LogP) is 3.70. The van der Waals surface area contributed by atoms with Crippen LogP contribution in [0, 0.1) is 0 Å². The minimum Gasteiger partial charge on any atom is -0.493 e. The Labute approximate surface area is 204 Å². The highest BCUT2D eigenvalue weighted by Gasteiger charge is 2.34. The zero-order chi connectivity index (χ0) is 24.2. The summed E-state index contributed by atoms with van der Waals surface area (Å²) >= 11 is 0. The number of carbonyl (C=O) groups excluding carboxylic acids is 2. The van der Waals surface area contributed by atoms with Crippen molar-refractivity contribution in [3.63, 3.8) is 0 Å². The monoisotopic (exact) mass is 473 g/mol. The number of hydrogen-bond donors (Lipinski definition) is 1. The van der Waals surface area contributed by atoms with E-state index in [2.05, 4.69) is 5.32 Å². The van der Waals surface area contributed by atoms with Crippen LogP contribution in [0.1, 0.15) is 22.1 Å². The Kier molecular flexibility index (Phi) is 6.54. The molecule has 0 aliphatic carbocycles. The lowest BCUT2D eigenvalue weighted by atomic mass is 10.0. The Hall–Kier alpha value is -4.04. The molecule has 0 radical (unpaired) electrons. The molecule has 0 saturated carbocycles. The van der Waals surface area contributed by atoms with E-state index >= 15 is 0 Å². The number of ether oxygens (including phenoxy) is 3. The molecule has 2 aliphatic heterocycles. The molecule has 0 spiro atoms. The number of anilines is 2. The second-order valence-corrected chi connectivity index (χ2v) is 8.30. The van der Waals surface area contributed by atoms with Crippen molar-refractivity contribution in [3.05, 3.63) is 83.9 Å². The number of methoxy groups -OCH3 is 1. The average molecular weight is 474 g/mol. The molecule has 8 heteroatoms. The molecule has 1 fully saturated rings. The summed E-state index contributed by atoms with van der Waals surface area (Å²) in [6.07, 6.45) is -0.460. The minimum atomic E-state index is -0.460. The molecule has 2 amide bonds. The number of amides is 2. The molecule has 0 unspecified atom stereocenters. The Morgan fingerprint density at radius 3 is 2.51 bits per heavy atom. The van der Waals surface area contributed by atoms with E-state index in [1.807, 2.05) is 66.7 Å². The SMILES string of the molecule is COc1cc([C@H]2Nc3ccccc3C(=O)N2c2ccccc2)ccc1OCC(=O)N1CCOCC1. The van der Waals surface area contributed by atoms with Crippen LogP contribution in [0.3, 0.4) is 0 Å². The van der Waals surface area contributed by atoms with Gasteiger partial charge in [0.1, 0.15) is 6.17 Å². The van der Waals surface area contributed by atoms with E-state index in [0.29, 0.717) is 43.4 Å². The van der Waals surface area contributed by atoms with Gasteiger partial charge in [-0.2, -0.15) is 0 Å². The smallest absolute Gasteiger partial charge is 0.262 e. The molecule has 8 nitrogen and oxygen atoms in total. The summed E-state index contributed by atoms with van der Waals surface area (Å²) in [7, 11) is 1.56. The highest BCUT2D eigenvalue weighted by atomic mass is 16.5. The van der Waals surface area contributed by atoms with Gasteiger partial charge in [-0.1, -0.05) is 36.4 Å². The molecule has 180 valence electrons. The molecule has 1 atom stereocenters. The summed E-state index contributed by atoms with van der Waals surface area (Å²) in [6, 6.07) is 22.5. The van der Waals surface area contributed by atoms with Crippen LogP contribution >= 0.6 is 0 Å². The van der Waals surface area contributed by atoms with Crippen molar-refractivity contribution in [2.75, 3.05) is 50.2 Å². The van der Waals surface area contributed by atoms with Crippen LogP contribution in [0.15, 0.2) is 72.8 Å². The van der Waals surface area contributed by atoms with Gasteiger partial charge in [-0.25, -0.2) is 0 Å². The first-order valence-electron chi connectivity index (χ1n) is 11.6. The molecule has 2 heterocycles. The van der Waals surface area contributed by atoms with Crippen LogP contribution in [0.25, 0.3) is 0 Å². The van der Waals surface area contributed by atoms with Gasteiger partial charge >= 0.3 is 0 Å². The van der Waals surface area contributed by atoms with Crippen molar-refractivity contribution in [2.45, 2.75) is 6.17 Å². The van der Waals surface area contributed by atoms with Gasteiger partial charge in [0.15, 0.2) is 18.1 Å². The standard InChI is InChI=1S/C27H27N3O5/c1-33-24-17-19(11-12-23(24)35-18-25(31)29-13-15-34-16-14-29)26-28-22-10-6-5-9-21(22)27(32)30(26)20-7-3-2-4-8-20/h2-12,17,26,28H,13-16,18H2,1H3/t26-/m0/s1. The topological polar surface area (TPSA) is 80.3 Å². The van der Waals surface area contributed by atoms with Gasteiger partial charge in [-0.3, -0.25) is 14.5 Å². The van der Waals surface area contributed by atoms with Gasteiger partial charge in [-0.05, 0) is 42.0 Å². The van der Waals surface area contributed by atoms with Crippen LogP contribution in [0.4, 0.5) is 11.4 Å². The molecule has 0 bridgehead atoms. The third-order valence-corrected chi connectivity index (χ3v) is 6.18. The van der Waals surface area contributed by atoms with E-state index in [9.17, 15) is 9.59 Å². The molecule has 5 rings (SSSR count). The number of fused-ring (bicyclic) bond motifs is 1. The summed E-state index contributed by atoms with van der Waals surface area (Å²) < 4.78 is 16.7. The van der Waals surface area contributed by atoms with E-state index in [1.54, 1.807) is 23.0 Å². The zero-order valence-corrected chi connectivity index (χ0v) is 19.5. The maximum atomic E-state index is 13.5. The highest BCUT2D eigenvalue weighted by molar-refractivity contribution is 6.12. The fourth-order valence-electron chi connectivity index (χ4n) is 4.36. The minimum absolute atomic E-state index is 0.0839. The summed E-state index contributed by atoms with van der Waals surface area (Å²) in [5.41, 5.74) is 2.98. The summed E-state index contributed by atoms with van der Waals surface area (Å²) in [6.45, 7) is 2.13. The molecule has 3 aromatic carbocycles. The maximum absolute atomic E-state index is 13.5. The number of nitrogens with one attached hydrogen (secondary N) is 1. The molecule has 0 aromatic heterocycles. The normalized spacial score (nSPS) is 17.4. The zero-order valence-electron chi connectivity index (χ0n) is 19.5. The van der Waals surface area contributed by atoms with Crippen LogP contribution in [0.2, 0.25) is 0 Å². The van der Waals surface area contributed by atoms with Gasteiger partial charge in [-0.15, -0.1) is 0 Å². The molecule has 35 heavy (non-hydrogen) atoms. The number of carbonyl (C=O) groups is 2. The van der Waals surface area contributed by atoms with Gasteiger partial charge < -0.3 is 24.4 Å². The van der Waals surface area contributed by atoms with Crippen molar-refractivity contribution < 1.29 is 23.8 Å². The van der Waals surface area contributed by atoms with E-state index in [-0.39, 0.29) is 18.4 Å². The third-order valence-electron chi connectivity index (χ3n) is 6.18. The fourth-order valence-corrected chi connectivity index (χ4v) is 4.36. The van der Waals surface area contributed by atoms with Gasteiger partial charge in [0.05, 0.1) is 25.9 Å². The molecule has 1 saturated heterocycles. The van der Waals surface area contributed by atoms with E-state index in [1.165, 1.54) is 0 Å². The number of rotatable bonds is 6. The van der Waals surface area contributed by atoms with E-state index in [4.69, 9.17) is 14.2 Å². The Morgan fingerprint density at radius 1 is 1.00 bits per heavy atom. The maximum Gasteiger partial charge on any atom is 0.262 e. The first-order chi connectivity index (χ1) is 17.2. The third kappa shape index (κ3) is 4.65. The lowest BCUT2D eigenvalue weighted by Crippen LogP contribution is -2.43. The number of para-hydroxylation sites is 2. The van der Waals surface area contributed by atoms with Gasteiger partial charge in [0, 0.05) is 24.5 Å². The molecule has 3 aromatic rings. The number of hydrogen-bond acceptors (Lipinski definition) is 6. The van der Waals surface area contributed by atoms with Gasteiger partial charge in [0.2, 0.25) is 0 Å². The number of benzene rings is 3. The highest BCUT2D eigenvalue weighted by Crippen LogP contribution is 2.39. The van der Waals surface area contributed by atoms with E-state index in [0.717, 1.165) is 16.9 Å². The van der Waals surface area contributed by atoms with Crippen LogP contribution in [0.5, 0.6) is 11.5 Å². The second kappa shape index (κ2) is 10.1. The van der Waals surface area contributed by atoms with Crippen LogP contribution < -0.4 is 19.7 Å². The Balaban J connectivity index is 1.42. The van der Waals surface area contributed by atoms with E-state index < -0.39 is 6.17 Å². The lowest BCUT2D eigenvalue weighted by Gasteiger charge is -2.38. The lowest BCUT2D eigenvalue weighted by molar-refractivity contribution is -0.137. The average Bonchev–Trinajstić information content (AvgIpc) is 2.92. The summed E-state index contributed by atoms with van der Waals surface area (Å²) in [5, 5.41) is 3.49. The van der Waals surface area contributed by atoms with Crippen LogP contribution in [-0.4, -0.2) is 56.7 Å². The van der Waals surface area contributed by atoms with Gasteiger partial charge in [0.25, 0.3) is 11.8 Å². The summed E-state index contributed by atoms with van der Waals surface area (Å²) in [4.78, 5) is 29.5. The first-order valence-corrected chi connectivity index (χ1v) is 11.6. The molecular formula is C27H27N3O5. The van der Waals surface area contributed by atoms with Crippen molar-refractivity contribution >= 4 is 23.2 Å². The quantitative estimate of drug-likeness (QED) is 0.588. The van der Waals surface area contributed by atoms with Crippen molar-refractivity contribution in [3.8, 4) is 11.5 Å².